The van der Waals surface area contributed by atoms with E-state index in [4.69, 9.17) is 4.74 Å². The van der Waals surface area contributed by atoms with Crippen molar-refractivity contribution in [3.63, 3.8) is 0 Å². The molecule has 0 atom stereocenters. The van der Waals surface area contributed by atoms with Crippen LogP contribution in [0.4, 0.5) is 4.79 Å². The summed E-state index contributed by atoms with van der Waals surface area (Å²) < 4.78 is 5.41. The Morgan fingerprint density at radius 3 is 2.45 bits per heavy atom. The van der Waals surface area contributed by atoms with Gasteiger partial charge in [0.2, 0.25) is 0 Å². The molecule has 2 amide bonds. The van der Waals surface area contributed by atoms with Gasteiger partial charge in [-0.15, -0.1) is 0 Å². The number of hydrogen-bond acceptors (Lipinski definition) is 2. The number of carbonyl (C=O) groups is 1. The molecule has 0 aliphatic heterocycles. The summed E-state index contributed by atoms with van der Waals surface area (Å²) in [6.45, 7) is 10.8. The fourth-order valence-corrected chi connectivity index (χ4v) is 1.95. The topological polar surface area (TPSA) is 50.4 Å². The predicted molar refractivity (Wildman–Crippen MR) is 82.2 cm³/mol. The molecule has 20 heavy (non-hydrogen) atoms. The number of nitrogens with one attached hydrogen (secondary N) is 2. The van der Waals surface area contributed by atoms with Gasteiger partial charge in [-0.2, -0.15) is 0 Å². The van der Waals surface area contributed by atoms with Crippen LogP contribution in [0.3, 0.4) is 0 Å². The Hall–Kier alpha value is -1.71. The van der Waals surface area contributed by atoms with Crippen molar-refractivity contribution in [2.24, 2.45) is 0 Å². The molecule has 0 heterocycles. The first-order chi connectivity index (χ1) is 9.24. The van der Waals surface area contributed by atoms with Gasteiger partial charge in [0.15, 0.2) is 0 Å². The van der Waals surface area contributed by atoms with Crippen LogP contribution in [0, 0.1) is 0 Å². The number of hydrogen-bond donors (Lipinski definition) is 2. The Kier molecular flexibility index (Phi) is 5.43. The van der Waals surface area contributed by atoms with Gasteiger partial charge in [0, 0.05) is 12.6 Å². The van der Waals surface area contributed by atoms with Crippen molar-refractivity contribution >= 4 is 6.03 Å². The van der Waals surface area contributed by atoms with Crippen LogP contribution in [0.15, 0.2) is 18.2 Å². The lowest BCUT2D eigenvalue weighted by molar-refractivity contribution is 0.238. The lowest BCUT2D eigenvalue weighted by Gasteiger charge is -2.23. The first kappa shape index (κ1) is 16.3. The normalized spacial score (nSPS) is 11.3. The van der Waals surface area contributed by atoms with Crippen molar-refractivity contribution in [2.45, 2.75) is 52.6 Å². The summed E-state index contributed by atoms with van der Waals surface area (Å²) in [5, 5.41) is 5.66. The van der Waals surface area contributed by atoms with Gasteiger partial charge < -0.3 is 15.4 Å². The lowest BCUT2D eigenvalue weighted by atomic mass is 9.85. The zero-order chi connectivity index (χ0) is 15.3. The van der Waals surface area contributed by atoms with Crippen LogP contribution in [0.1, 0.15) is 45.7 Å². The van der Waals surface area contributed by atoms with E-state index in [1.165, 1.54) is 0 Å². The average molecular weight is 278 g/mol. The zero-order valence-corrected chi connectivity index (χ0v) is 13.3. The summed E-state index contributed by atoms with van der Waals surface area (Å²) in [5.41, 5.74) is 2.21. The van der Waals surface area contributed by atoms with E-state index in [1.807, 2.05) is 26.0 Å². The summed E-state index contributed by atoms with van der Waals surface area (Å²) in [6, 6.07) is 6.01. The summed E-state index contributed by atoms with van der Waals surface area (Å²) in [5.74, 6) is 0.882. The van der Waals surface area contributed by atoms with E-state index in [9.17, 15) is 4.79 Å². The molecule has 0 spiro atoms. The molecule has 0 saturated carbocycles. The predicted octanol–water partition coefficient (Wildman–Crippen LogP) is 3.20. The van der Waals surface area contributed by atoms with Crippen molar-refractivity contribution in [3.8, 4) is 5.75 Å². The first-order valence-corrected chi connectivity index (χ1v) is 6.96. The van der Waals surface area contributed by atoms with E-state index in [0.717, 1.165) is 16.9 Å². The third-order valence-corrected chi connectivity index (χ3v) is 2.94. The van der Waals surface area contributed by atoms with Crippen molar-refractivity contribution < 1.29 is 9.53 Å². The van der Waals surface area contributed by atoms with E-state index in [0.29, 0.717) is 6.54 Å². The van der Waals surface area contributed by atoms with Crippen LogP contribution in [0.5, 0.6) is 5.75 Å². The number of amides is 2. The molecular weight excluding hydrogens is 252 g/mol. The Morgan fingerprint density at radius 2 is 1.95 bits per heavy atom. The fourth-order valence-electron chi connectivity index (χ4n) is 1.95. The van der Waals surface area contributed by atoms with E-state index in [1.54, 1.807) is 7.11 Å². The smallest absolute Gasteiger partial charge is 0.315 e. The minimum Gasteiger partial charge on any atom is -0.496 e. The quantitative estimate of drug-likeness (QED) is 0.888. The molecule has 1 aromatic rings. The maximum Gasteiger partial charge on any atom is 0.315 e. The number of ether oxygens (including phenoxy) is 1. The minimum atomic E-state index is -0.145. The second kappa shape index (κ2) is 6.64. The largest absolute Gasteiger partial charge is 0.496 e. The van der Waals surface area contributed by atoms with Crippen molar-refractivity contribution in [1.29, 1.82) is 0 Å². The molecule has 4 nitrogen and oxygen atoms in total. The molecular formula is C16H26N2O2. The Morgan fingerprint density at radius 1 is 1.30 bits per heavy atom. The van der Waals surface area contributed by atoms with Crippen LogP contribution in [-0.4, -0.2) is 19.2 Å². The molecule has 0 aliphatic rings. The average Bonchev–Trinajstić information content (AvgIpc) is 2.34. The summed E-state index contributed by atoms with van der Waals surface area (Å²) in [4.78, 5) is 11.6. The monoisotopic (exact) mass is 278 g/mol. The number of urea groups is 1. The van der Waals surface area contributed by atoms with E-state index < -0.39 is 0 Å². The summed E-state index contributed by atoms with van der Waals surface area (Å²) >= 11 is 0. The van der Waals surface area contributed by atoms with E-state index in [2.05, 4.69) is 37.5 Å². The van der Waals surface area contributed by atoms with Crippen LogP contribution in [0.2, 0.25) is 0 Å². The van der Waals surface area contributed by atoms with Crippen LogP contribution in [0.25, 0.3) is 0 Å². The molecule has 0 aromatic heterocycles. The third-order valence-electron chi connectivity index (χ3n) is 2.94. The molecule has 1 aromatic carbocycles. The minimum absolute atomic E-state index is 0.00153. The summed E-state index contributed by atoms with van der Waals surface area (Å²) in [7, 11) is 1.68. The molecule has 2 N–H and O–H groups in total. The molecule has 0 unspecified atom stereocenters. The van der Waals surface area contributed by atoms with Gasteiger partial charge in [0.25, 0.3) is 0 Å². The van der Waals surface area contributed by atoms with Crippen molar-refractivity contribution in [1.82, 2.24) is 10.6 Å². The van der Waals surface area contributed by atoms with Crippen LogP contribution in [-0.2, 0) is 12.0 Å². The Labute approximate surface area is 121 Å². The molecule has 112 valence electrons. The highest BCUT2D eigenvalue weighted by Crippen LogP contribution is 2.31. The Bertz CT molecular complexity index is 462. The maximum atomic E-state index is 11.6. The highest BCUT2D eigenvalue weighted by molar-refractivity contribution is 5.74. The highest BCUT2D eigenvalue weighted by atomic mass is 16.5. The molecule has 0 aliphatic carbocycles. The lowest BCUT2D eigenvalue weighted by Crippen LogP contribution is -2.39. The fraction of sp³-hybridized carbons (Fsp3) is 0.562. The third kappa shape index (κ3) is 4.76. The molecule has 0 saturated heterocycles. The van der Waals surface area contributed by atoms with Gasteiger partial charge >= 0.3 is 6.03 Å². The van der Waals surface area contributed by atoms with Crippen LogP contribution < -0.4 is 15.4 Å². The standard InChI is InChI=1S/C16H26N2O2/c1-11(2)18-15(19)17-10-12-7-8-14(20-6)13(9-12)16(3,4)5/h7-9,11H,10H2,1-6H3,(H2,17,18,19). The number of rotatable bonds is 4. The van der Waals surface area contributed by atoms with Gasteiger partial charge in [-0.3, -0.25) is 0 Å². The molecule has 0 fully saturated rings. The Balaban J connectivity index is 2.80. The molecule has 4 heteroatoms. The van der Waals surface area contributed by atoms with E-state index >= 15 is 0 Å². The maximum absolute atomic E-state index is 11.6. The van der Waals surface area contributed by atoms with Gasteiger partial charge in [-0.05, 0) is 42.5 Å². The zero-order valence-electron chi connectivity index (χ0n) is 13.3. The van der Waals surface area contributed by atoms with Gasteiger partial charge in [0.1, 0.15) is 5.75 Å². The van der Waals surface area contributed by atoms with Gasteiger partial charge in [-0.1, -0.05) is 26.8 Å². The van der Waals surface area contributed by atoms with Crippen molar-refractivity contribution in [2.75, 3.05) is 7.11 Å². The second-order valence-electron chi connectivity index (χ2n) is 6.27. The molecule has 0 bridgehead atoms. The van der Waals surface area contributed by atoms with E-state index in [-0.39, 0.29) is 17.5 Å². The van der Waals surface area contributed by atoms with Gasteiger partial charge in [-0.25, -0.2) is 4.79 Å². The molecule has 0 radical (unpaired) electrons. The number of methoxy groups -OCH3 is 1. The van der Waals surface area contributed by atoms with Crippen LogP contribution >= 0.6 is 0 Å². The number of benzene rings is 1. The SMILES string of the molecule is COc1ccc(CNC(=O)NC(C)C)cc1C(C)(C)C. The first-order valence-electron chi connectivity index (χ1n) is 6.96. The number of carbonyl (C=O) groups excluding carboxylic acids is 1. The highest BCUT2D eigenvalue weighted by Gasteiger charge is 2.19. The molecule has 1 rings (SSSR count). The summed E-state index contributed by atoms with van der Waals surface area (Å²) in [6.07, 6.45) is 0. The second-order valence-corrected chi connectivity index (χ2v) is 6.27. The van der Waals surface area contributed by atoms with Gasteiger partial charge in [0.05, 0.1) is 7.11 Å². The van der Waals surface area contributed by atoms with Crippen molar-refractivity contribution in [3.05, 3.63) is 29.3 Å².